The molecule has 0 bridgehead atoms. The normalized spacial score (nSPS) is 9.83. The van der Waals surface area contributed by atoms with Crippen LogP contribution in [0.1, 0.15) is 22.8 Å². The predicted molar refractivity (Wildman–Crippen MR) is 42.7 cm³/mol. The lowest BCUT2D eigenvalue weighted by Crippen LogP contribution is -2.00. The molecular formula is C9H9FO2. The van der Waals surface area contributed by atoms with Gasteiger partial charge in [0.1, 0.15) is 5.82 Å². The smallest absolute Gasteiger partial charge is 0.338 e. The maximum atomic E-state index is 12.9. The number of benzene rings is 1. The van der Waals surface area contributed by atoms with Crippen LogP contribution in [0.5, 0.6) is 0 Å². The second kappa shape index (κ2) is 3.34. The van der Waals surface area contributed by atoms with Crippen LogP contribution < -0.4 is 0 Å². The van der Waals surface area contributed by atoms with E-state index in [1.807, 2.05) is 6.92 Å². The van der Waals surface area contributed by atoms with Gasteiger partial charge in [0.2, 0.25) is 0 Å². The van der Waals surface area contributed by atoms with Gasteiger partial charge in [-0.15, -0.1) is 0 Å². The van der Waals surface area contributed by atoms with E-state index in [4.69, 9.17) is 5.11 Å². The van der Waals surface area contributed by atoms with Gasteiger partial charge in [-0.05, 0) is 24.1 Å². The zero-order valence-electron chi connectivity index (χ0n) is 6.67. The Balaban J connectivity index is 3.12. The summed E-state index contributed by atoms with van der Waals surface area (Å²) in [4.78, 5) is 10.4. The molecule has 1 rings (SSSR count). The van der Waals surface area contributed by atoms with Gasteiger partial charge < -0.3 is 5.11 Å². The molecule has 1 N–H and O–H groups in total. The summed E-state index contributed by atoms with van der Waals surface area (Å²) >= 11 is 0. The van der Waals surface area contributed by atoms with Crippen molar-refractivity contribution in [2.75, 3.05) is 0 Å². The van der Waals surface area contributed by atoms with Crippen molar-refractivity contribution in [2.24, 2.45) is 0 Å². The fourth-order valence-electron chi connectivity index (χ4n) is 0.952. The Hall–Kier alpha value is -1.38. The molecule has 0 radical (unpaired) electrons. The van der Waals surface area contributed by atoms with Crippen LogP contribution in [0.15, 0.2) is 18.2 Å². The molecule has 2 nitrogen and oxygen atoms in total. The molecule has 0 spiro atoms. The Morgan fingerprint density at radius 2 is 2.25 bits per heavy atom. The Bertz CT molecular complexity index is 307. The topological polar surface area (TPSA) is 37.3 Å². The van der Waals surface area contributed by atoms with E-state index in [1.54, 1.807) is 6.07 Å². The molecular weight excluding hydrogens is 159 g/mol. The lowest BCUT2D eigenvalue weighted by Gasteiger charge is -1.99. The molecule has 0 saturated carbocycles. The van der Waals surface area contributed by atoms with Gasteiger partial charge >= 0.3 is 5.97 Å². The largest absolute Gasteiger partial charge is 0.478 e. The number of rotatable bonds is 2. The fourth-order valence-corrected chi connectivity index (χ4v) is 0.952. The molecule has 1 aromatic carbocycles. The van der Waals surface area contributed by atoms with Crippen molar-refractivity contribution in [1.29, 1.82) is 0 Å². The summed E-state index contributed by atoms with van der Waals surface area (Å²) in [5.41, 5.74) is 0.532. The number of hydrogen-bond acceptors (Lipinski definition) is 1. The zero-order chi connectivity index (χ0) is 9.14. The van der Waals surface area contributed by atoms with Crippen molar-refractivity contribution >= 4 is 5.97 Å². The minimum Gasteiger partial charge on any atom is -0.478 e. The summed E-state index contributed by atoms with van der Waals surface area (Å²) in [6, 6.07) is 4.16. The highest BCUT2D eigenvalue weighted by molar-refractivity contribution is 5.87. The van der Waals surface area contributed by atoms with Gasteiger partial charge in [0, 0.05) is 0 Å². The van der Waals surface area contributed by atoms with Gasteiger partial charge in [0.15, 0.2) is 0 Å². The maximum absolute atomic E-state index is 12.9. The lowest BCUT2D eigenvalue weighted by molar-refractivity contribution is 0.0692. The van der Waals surface area contributed by atoms with E-state index in [1.165, 1.54) is 12.1 Å². The molecule has 0 amide bonds. The third kappa shape index (κ3) is 1.61. The second-order valence-corrected chi connectivity index (χ2v) is 2.47. The molecule has 0 aliphatic carbocycles. The summed E-state index contributed by atoms with van der Waals surface area (Å²) in [7, 11) is 0. The number of halogens is 1. The van der Waals surface area contributed by atoms with Crippen LogP contribution in [0.3, 0.4) is 0 Å². The first-order valence-electron chi connectivity index (χ1n) is 3.67. The van der Waals surface area contributed by atoms with Crippen LogP contribution in [0, 0.1) is 5.82 Å². The van der Waals surface area contributed by atoms with Crippen molar-refractivity contribution < 1.29 is 14.3 Å². The van der Waals surface area contributed by atoms with E-state index >= 15 is 0 Å². The van der Waals surface area contributed by atoms with Crippen LogP contribution in [0.2, 0.25) is 0 Å². The zero-order valence-corrected chi connectivity index (χ0v) is 6.67. The lowest BCUT2D eigenvalue weighted by atomic mass is 10.1. The van der Waals surface area contributed by atoms with Gasteiger partial charge in [-0.1, -0.05) is 13.0 Å². The highest BCUT2D eigenvalue weighted by Crippen LogP contribution is 2.10. The molecule has 0 aliphatic rings. The minimum atomic E-state index is -1.23. The Morgan fingerprint density at radius 1 is 1.58 bits per heavy atom. The molecule has 0 aliphatic heterocycles. The molecule has 64 valence electrons. The third-order valence-corrected chi connectivity index (χ3v) is 1.67. The number of aryl methyl sites for hydroxylation is 1. The van der Waals surface area contributed by atoms with Gasteiger partial charge in [-0.2, -0.15) is 0 Å². The summed E-state index contributed by atoms with van der Waals surface area (Å²) in [5, 5.41) is 8.49. The first-order valence-corrected chi connectivity index (χ1v) is 3.67. The van der Waals surface area contributed by atoms with Gasteiger partial charge in [-0.3, -0.25) is 0 Å². The van der Waals surface area contributed by atoms with Crippen molar-refractivity contribution in [3.8, 4) is 0 Å². The number of carboxylic acid groups (broad SMARTS) is 1. The summed E-state index contributed by atoms with van der Waals surface area (Å²) in [6.45, 7) is 1.88. The van der Waals surface area contributed by atoms with Gasteiger partial charge in [0.25, 0.3) is 0 Å². The van der Waals surface area contributed by atoms with Crippen LogP contribution in [0.4, 0.5) is 4.39 Å². The highest BCUT2D eigenvalue weighted by atomic mass is 19.1. The number of carboxylic acids is 1. The average Bonchev–Trinajstić information content (AvgIpc) is 2.03. The SMILES string of the molecule is CCc1ccc(C(=O)O)c(F)c1. The first-order chi connectivity index (χ1) is 5.65. The van der Waals surface area contributed by atoms with E-state index in [0.29, 0.717) is 6.42 Å². The second-order valence-electron chi connectivity index (χ2n) is 2.47. The van der Waals surface area contributed by atoms with Gasteiger partial charge in [-0.25, -0.2) is 9.18 Å². The van der Waals surface area contributed by atoms with Crippen LogP contribution >= 0.6 is 0 Å². The summed E-state index contributed by atoms with van der Waals surface area (Å²) in [5.74, 6) is -1.89. The Labute approximate surface area is 69.6 Å². The molecule has 0 unspecified atom stereocenters. The average molecular weight is 168 g/mol. The summed E-state index contributed by atoms with van der Waals surface area (Å²) < 4.78 is 12.9. The summed E-state index contributed by atoms with van der Waals surface area (Å²) in [6.07, 6.45) is 0.705. The number of aromatic carboxylic acids is 1. The molecule has 0 fully saturated rings. The Kier molecular flexibility index (Phi) is 2.43. The highest BCUT2D eigenvalue weighted by Gasteiger charge is 2.09. The third-order valence-electron chi connectivity index (χ3n) is 1.67. The van der Waals surface area contributed by atoms with Crippen LogP contribution in [-0.2, 0) is 6.42 Å². The quantitative estimate of drug-likeness (QED) is 0.734. The first kappa shape index (κ1) is 8.71. The molecule has 0 saturated heterocycles. The van der Waals surface area contributed by atoms with E-state index in [9.17, 15) is 9.18 Å². The molecule has 12 heavy (non-hydrogen) atoms. The molecule has 0 atom stereocenters. The molecule has 1 aromatic rings. The van der Waals surface area contributed by atoms with Crippen LogP contribution in [-0.4, -0.2) is 11.1 Å². The molecule has 0 heterocycles. The van der Waals surface area contributed by atoms with Gasteiger partial charge in [0.05, 0.1) is 5.56 Å². The van der Waals surface area contributed by atoms with E-state index in [0.717, 1.165) is 5.56 Å². The minimum absolute atomic E-state index is 0.271. The number of hydrogen-bond donors (Lipinski definition) is 1. The predicted octanol–water partition coefficient (Wildman–Crippen LogP) is 2.09. The van der Waals surface area contributed by atoms with Crippen molar-refractivity contribution in [3.63, 3.8) is 0 Å². The number of carbonyl (C=O) groups is 1. The molecule has 0 aromatic heterocycles. The van der Waals surface area contributed by atoms with E-state index in [2.05, 4.69) is 0 Å². The standard InChI is InChI=1S/C9H9FO2/c1-2-6-3-4-7(9(11)12)8(10)5-6/h3-5H,2H2,1H3,(H,11,12). The molecule has 3 heteroatoms. The monoisotopic (exact) mass is 168 g/mol. The van der Waals surface area contributed by atoms with Crippen molar-refractivity contribution in [2.45, 2.75) is 13.3 Å². The fraction of sp³-hybridized carbons (Fsp3) is 0.222. The van der Waals surface area contributed by atoms with E-state index in [-0.39, 0.29) is 5.56 Å². The maximum Gasteiger partial charge on any atom is 0.338 e. The Morgan fingerprint density at radius 3 is 2.67 bits per heavy atom. The van der Waals surface area contributed by atoms with Crippen molar-refractivity contribution in [3.05, 3.63) is 35.1 Å². The van der Waals surface area contributed by atoms with E-state index < -0.39 is 11.8 Å². The van der Waals surface area contributed by atoms with Crippen molar-refractivity contribution in [1.82, 2.24) is 0 Å². The van der Waals surface area contributed by atoms with Crippen LogP contribution in [0.25, 0.3) is 0 Å².